The molecule has 1 aromatic carbocycles. The number of aliphatic hydroxyl groups is 1. The molecule has 0 radical (unpaired) electrons. The Morgan fingerprint density at radius 1 is 0.960 bits per heavy atom. The number of rotatable bonds is 7. The van der Waals surface area contributed by atoms with Crippen LogP contribution in [-0.2, 0) is 0 Å². The quantitative estimate of drug-likeness (QED) is 0.717. The fraction of sp³-hybridized carbons (Fsp3) is 0.714. The lowest BCUT2D eigenvalue weighted by molar-refractivity contribution is -0.955. The van der Waals surface area contributed by atoms with Crippen molar-refractivity contribution in [1.82, 2.24) is 0 Å². The van der Waals surface area contributed by atoms with Gasteiger partial charge in [-0.15, -0.1) is 0 Å². The van der Waals surface area contributed by atoms with E-state index in [-0.39, 0.29) is 0 Å². The minimum absolute atomic E-state index is 0.381. The summed E-state index contributed by atoms with van der Waals surface area (Å²) >= 11 is 3.51. The van der Waals surface area contributed by atoms with Crippen molar-refractivity contribution < 1.29 is 14.7 Å². The van der Waals surface area contributed by atoms with Crippen molar-refractivity contribution in [3.8, 4) is 5.75 Å². The largest absolute Gasteiger partial charge is 0.489 e. The third kappa shape index (κ3) is 5.70. The van der Waals surface area contributed by atoms with E-state index in [0.717, 1.165) is 28.9 Å². The second kappa shape index (κ2) is 9.94. The monoisotopic (exact) mass is 410 g/mol. The van der Waals surface area contributed by atoms with E-state index < -0.39 is 6.10 Å². The van der Waals surface area contributed by atoms with Gasteiger partial charge in [0.15, 0.2) is 0 Å². The SMILES string of the molecule is O[C@@H](COc1ccccc1Br)C[NH+](C1CCCCC1)C1CCCCC1. The molecule has 0 aliphatic heterocycles. The van der Waals surface area contributed by atoms with E-state index in [1.807, 2.05) is 24.3 Å². The van der Waals surface area contributed by atoms with Crippen LogP contribution in [0.2, 0.25) is 0 Å². The van der Waals surface area contributed by atoms with Crippen LogP contribution in [0, 0.1) is 0 Å². The average Bonchev–Trinajstić information content (AvgIpc) is 2.67. The van der Waals surface area contributed by atoms with Gasteiger partial charge in [-0.25, -0.2) is 0 Å². The van der Waals surface area contributed by atoms with Crippen molar-refractivity contribution in [3.05, 3.63) is 28.7 Å². The molecule has 140 valence electrons. The van der Waals surface area contributed by atoms with E-state index in [2.05, 4.69) is 15.9 Å². The zero-order valence-electron chi connectivity index (χ0n) is 15.3. The van der Waals surface area contributed by atoms with Crippen LogP contribution in [0.25, 0.3) is 0 Å². The Labute approximate surface area is 160 Å². The molecule has 0 spiro atoms. The van der Waals surface area contributed by atoms with E-state index in [9.17, 15) is 5.11 Å². The van der Waals surface area contributed by atoms with Gasteiger partial charge in [0.2, 0.25) is 0 Å². The first-order valence-electron chi connectivity index (χ1n) is 10.1. The highest BCUT2D eigenvalue weighted by Gasteiger charge is 2.33. The van der Waals surface area contributed by atoms with Crippen molar-refractivity contribution >= 4 is 15.9 Å². The Kier molecular flexibility index (Phi) is 7.63. The van der Waals surface area contributed by atoms with Crippen molar-refractivity contribution in [2.24, 2.45) is 0 Å². The molecule has 0 saturated heterocycles. The number of ether oxygens (including phenoxy) is 1. The van der Waals surface area contributed by atoms with Gasteiger partial charge in [0.05, 0.1) is 16.6 Å². The Balaban J connectivity index is 1.57. The van der Waals surface area contributed by atoms with Crippen LogP contribution < -0.4 is 9.64 Å². The number of para-hydroxylation sites is 1. The number of hydrogen-bond donors (Lipinski definition) is 2. The summed E-state index contributed by atoms with van der Waals surface area (Å²) in [6.07, 6.45) is 13.2. The fourth-order valence-corrected chi connectivity index (χ4v) is 5.09. The molecule has 0 amide bonds. The van der Waals surface area contributed by atoms with Crippen LogP contribution in [0.1, 0.15) is 64.2 Å². The highest BCUT2D eigenvalue weighted by Crippen LogP contribution is 2.24. The molecule has 2 fully saturated rings. The maximum absolute atomic E-state index is 10.7. The normalized spacial score (nSPS) is 21.4. The molecule has 0 bridgehead atoms. The highest BCUT2D eigenvalue weighted by molar-refractivity contribution is 9.10. The molecule has 4 heteroatoms. The third-order valence-corrected chi connectivity index (χ3v) is 6.65. The molecular formula is C21H33BrNO2+. The molecule has 2 aliphatic carbocycles. The molecule has 2 saturated carbocycles. The summed E-state index contributed by atoms with van der Waals surface area (Å²) < 4.78 is 6.81. The van der Waals surface area contributed by atoms with Gasteiger partial charge in [0.25, 0.3) is 0 Å². The number of hydrogen-bond acceptors (Lipinski definition) is 2. The molecule has 3 nitrogen and oxygen atoms in total. The van der Waals surface area contributed by atoms with E-state index in [1.54, 1.807) is 4.90 Å². The van der Waals surface area contributed by atoms with Crippen LogP contribution in [0.5, 0.6) is 5.75 Å². The van der Waals surface area contributed by atoms with Crippen LogP contribution in [-0.4, -0.2) is 36.4 Å². The summed E-state index contributed by atoms with van der Waals surface area (Å²) in [5, 5.41) is 10.7. The molecule has 0 unspecified atom stereocenters. The molecular weight excluding hydrogens is 378 g/mol. The Hall–Kier alpha value is -0.580. The van der Waals surface area contributed by atoms with Crippen LogP contribution in [0.4, 0.5) is 0 Å². The number of halogens is 1. The summed E-state index contributed by atoms with van der Waals surface area (Å²) in [6.45, 7) is 1.21. The maximum Gasteiger partial charge on any atom is 0.137 e. The van der Waals surface area contributed by atoms with Crippen molar-refractivity contribution in [2.75, 3.05) is 13.2 Å². The van der Waals surface area contributed by atoms with E-state index >= 15 is 0 Å². The van der Waals surface area contributed by atoms with Crippen LogP contribution in [0.15, 0.2) is 28.7 Å². The molecule has 1 atom stereocenters. The maximum atomic E-state index is 10.7. The number of quaternary nitrogens is 1. The van der Waals surface area contributed by atoms with Gasteiger partial charge in [-0.1, -0.05) is 25.0 Å². The summed E-state index contributed by atoms with van der Waals surface area (Å²) in [5.74, 6) is 0.818. The van der Waals surface area contributed by atoms with Crippen molar-refractivity contribution in [2.45, 2.75) is 82.4 Å². The van der Waals surface area contributed by atoms with Gasteiger partial charge in [0.1, 0.15) is 25.0 Å². The van der Waals surface area contributed by atoms with Gasteiger partial charge in [-0.3, -0.25) is 0 Å². The van der Waals surface area contributed by atoms with Gasteiger partial charge < -0.3 is 14.7 Å². The number of nitrogens with one attached hydrogen (secondary N) is 1. The average molecular weight is 411 g/mol. The summed E-state index contributed by atoms with van der Waals surface area (Å²) in [7, 11) is 0. The van der Waals surface area contributed by atoms with Gasteiger partial charge in [-0.05, 0) is 79.4 Å². The third-order valence-electron chi connectivity index (χ3n) is 6.00. The lowest BCUT2D eigenvalue weighted by Gasteiger charge is -2.39. The molecule has 3 rings (SSSR count). The predicted octanol–water partition coefficient (Wildman–Crippen LogP) is 3.74. The van der Waals surface area contributed by atoms with Crippen molar-refractivity contribution in [3.63, 3.8) is 0 Å². The summed E-state index contributed by atoms with van der Waals surface area (Å²) in [4.78, 5) is 1.67. The zero-order chi connectivity index (χ0) is 17.5. The summed E-state index contributed by atoms with van der Waals surface area (Å²) in [6, 6.07) is 9.36. The molecule has 0 heterocycles. The first-order chi connectivity index (χ1) is 12.2. The van der Waals surface area contributed by atoms with Crippen molar-refractivity contribution in [1.29, 1.82) is 0 Å². The minimum Gasteiger partial charge on any atom is -0.489 e. The van der Waals surface area contributed by atoms with E-state index in [0.29, 0.717) is 6.61 Å². The van der Waals surface area contributed by atoms with Crippen LogP contribution in [0.3, 0.4) is 0 Å². The first-order valence-corrected chi connectivity index (χ1v) is 10.9. The smallest absolute Gasteiger partial charge is 0.137 e. The lowest BCUT2D eigenvalue weighted by atomic mass is 9.88. The standard InChI is InChI=1S/C21H32BrNO2/c22-20-13-7-8-14-21(20)25-16-19(24)15-23(17-9-3-1-4-10-17)18-11-5-2-6-12-18/h7-8,13-14,17-19,24H,1-6,9-12,15-16H2/p+1/t19-/m1/s1. The minimum atomic E-state index is -0.397. The van der Waals surface area contributed by atoms with E-state index in [4.69, 9.17) is 4.74 Å². The fourth-order valence-electron chi connectivity index (χ4n) is 4.69. The Morgan fingerprint density at radius 3 is 2.08 bits per heavy atom. The molecule has 2 aliphatic rings. The molecule has 25 heavy (non-hydrogen) atoms. The van der Waals surface area contributed by atoms with Gasteiger partial charge in [0, 0.05) is 0 Å². The molecule has 2 N–H and O–H groups in total. The number of aliphatic hydroxyl groups excluding tert-OH is 1. The topological polar surface area (TPSA) is 33.9 Å². The highest BCUT2D eigenvalue weighted by atomic mass is 79.9. The second-order valence-corrected chi connectivity index (χ2v) is 8.70. The first kappa shape index (κ1) is 19.2. The Morgan fingerprint density at radius 2 is 1.52 bits per heavy atom. The molecule has 1 aromatic rings. The Bertz CT molecular complexity index is 494. The molecule has 0 aromatic heterocycles. The predicted molar refractivity (Wildman–Crippen MR) is 105 cm³/mol. The van der Waals surface area contributed by atoms with Gasteiger partial charge in [-0.2, -0.15) is 0 Å². The van der Waals surface area contributed by atoms with Gasteiger partial charge >= 0.3 is 0 Å². The summed E-state index contributed by atoms with van der Waals surface area (Å²) in [5.41, 5.74) is 0. The van der Waals surface area contributed by atoms with E-state index in [1.165, 1.54) is 64.2 Å². The van der Waals surface area contributed by atoms with Crippen LogP contribution >= 0.6 is 15.9 Å². The lowest BCUT2D eigenvalue weighted by Crippen LogP contribution is -3.20. The number of benzene rings is 1. The zero-order valence-corrected chi connectivity index (χ0v) is 16.8. The second-order valence-electron chi connectivity index (χ2n) is 7.84.